The molecule has 2 heterocycles. The van der Waals surface area contributed by atoms with Gasteiger partial charge in [-0.15, -0.1) is 5.06 Å². The lowest BCUT2D eigenvalue weighted by atomic mass is 10.0. The van der Waals surface area contributed by atoms with Crippen molar-refractivity contribution >= 4 is 36.1 Å². The van der Waals surface area contributed by atoms with Crippen LogP contribution in [0.25, 0.3) is 0 Å². The zero-order valence-corrected chi connectivity index (χ0v) is 16.5. The molecule has 12 nitrogen and oxygen atoms in total. The predicted octanol–water partition coefficient (Wildman–Crippen LogP) is 0.00290. The molecule has 0 bridgehead atoms. The van der Waals surface area contributed by atoms with Crippen LogP contribution in [0.3, 0.4) is 0 Å². The summed E-state index contributed by atoms with van der Waals surface area (Å²) >= 11 is 0. The summed E-state index contributed by atoms with van der Waals surface area (Å²) in [7, 11) is 0. The van der Waals surface area contributed by atoms with Crippen molar-refractivity contribution in [3.8, 4) is 0 Å². The molecule has 0 saturated carbocycles. The van der Waals surface area contributed by atoms with Crippen LogP contribution in [-0.2, 0) is 38.2 Å². The van der Waals surface area contributed by atoms with E-state index in [9.17, 15) is 24.0 Å². The second-order valence-electron chi connectivity index (χ2n) is 6.83. The van der Waals surface area contributed by atoms with Crippen LogP contribution in [0.4, 0.5) is 4.79 Å². The van der Waals surface area contributed by atoms with Gasteiger partial charge >= 0.3 is 24.0 Å². The van der Waals surface area contributed by atoms with Gasteiger partial charge < -0.3 is 19.0 Å². The second kappa shape index (κ2) is 9.34. The third-order valence-electron chi connectivity index (χ3n) is 3.84. The first kappa shape index (κ1) is 22.1. The average Bonchev–Trinajstić information content (AvgIpc) is 2.98. The molecule has 12 heteroatoms. The summed E-state index contributed by atoms with van der Waals surface area (Å²) in [6.45, 7) is 5.55. The minimum absolute atomic E-state index is 0.0303. The Morgan fingerprint density at radius 1 is 1.24 bits per heavy atom. The number of hydrazone groups is 1. The molecule has 0 radical (unpaired) electrons. The van der Waals surface area contributed by atoms with Crippen molar-refractivity contribution in [2.75, 3.05) is 13.2 Å². The van der Waals surface area contributed by atoms with Crippen molar-refractivity contribution in [3.05, 3.63) is 0 Å². The number of cyclic esters (lactones) is 1. The smallest absolute Gasteiger partial charge is 0.444 e. The molecule has 0 aromatic heterocycles. The van der Waals surface area contributed by atoms with Crippen LogP contribution in [0.15, 0.2) is 5.10 Å². The Balaban J connectivity index is 2.29. The first-order valence-electron chi connectivity index (χ1n) is 8.95. The van der Waals surface area contributed by atoms with Crippen molar-refractivity contribution in [3.63, 3.8) is 0 Å². The molecule has 0 aromatic rings. The lowest BCUT2D eigenvalue weighted by Crippen LogP contribution is -2.58. The lowest BCUT2D eigenvalue weighted by molar-refractivity contribution is -0.186. The van der Waals surface area contributed by atoms with Gasteiger partial charge in [0, 0.05) is 26.5 Å². The predicted molar refractivity (Wildman–Crippen MR) is 93.8 cm³/mol. The molecule has 2 aliphatic rings. The highest BCUT2D eigenvalue weighted by Crippen LogP contribution is 2.23. The van der Waals surface area contributed by atoms with Gasteiger partial charge in [0.2, 0.25) is 0 Å². The topological polar surface area (TPSA) is 141 Å². The summed E-state index contributed by atoms with van der Waals surface area (Å²) < 4.78 is 15.1. The molecule has 0 N–H and O–H groups in total. The highest BCUT2D eigenvalue weighted by atomic mass is 16.8. The fourth-order valence-corrected chi connectivity index (χ4v) is 2.68. The SMILES string of the molecule is CC(=O)O[C@H]1CC=NN(C(=O)[C@H]2COC(=O)N2OC(C)=O)[C@@H]1C(=O)OCC(C)C. The number of carbonyl (C=O) groups excluding carboxylic acids is 5. The zero-order valence-electron chi connectivity index (χ0n) is 16.5. The summed E-state index contributed by atoms with van der Waals surface area (Å²) in [5.74, 6) is -3.14. The van der Waals surface area contributed by atoms with E-state index in [1.165, 1.54) is 13.1 Å². The molecule has 0 aliphatic carbocycles. The molecule has 160 valence electrons. The van der Waals surface area contributed by atoms with Crippen molar-refractivity contribution in [1.82, 2.24) is 10.1 Å². The molecular weight excluding hydrogens is 390 g/mol. The Hall–Kier alpha value is -3.18. The van der Waals surface area contributed by atoms with E-state index in [4.69, 9.17) is 19.0 Å². The molecule has 0 aromatic carbocycles. The van der Waals surface area contributed by atoms with Crippen LogP contribution in [0.5, 0.6) is 0 Å². The molecule has 1 fully saturated rings. The Kier molecular flexibility index (Phi) is 7.13. The molecule has 0 unspecified atom stereocenters. The summed E-state index contributed by atoms with van der Waals surface area (Å²) in [5, 5.41) is 5.18. The van der Waals surface area contributed by atoms with Crippen molar-refractivity contribution in [2.45, 2.75) is 52.3 Å². The van der Waals surface area contributed by atoms with Crippen molar-refractivity contribution in [2.24, 2.45) is 11.0 Å². The highest BCUT2D eigenvalue weighted by molar-refractivity contribution is 5.92. The molecule has 2 amide bonds. The monoisotopic (exact) mass is 413 g/mol. The lowest BCUT2D eigenvalue weighted by Gasteiger charge is -2.35. The number of hydroxylamine groups is 2. The molecule has 1 saturated heterocycles. The van der Waals surface area contributed by atoms with Gasteiger partial charge in [-0.3, -0.25) is 14.4 Å². The van der Waals surface area contributed by atoms with Crippen LogP contribution >= 0.6 is 0 Å². The average molecular weight is 413 g/mol. The maximum absolute atomic E-state index is 13.0. The Bertz CT molecular complexity index is 721. The molecule has 0 spiro atoms. The van der Waals surface area contributed by atoms with E-state index < -0.39 is 54.7 Å². The summed E-state index contributed by atoms with van der Waals surface area (Å²) in [4.78, 5) is 64.9. The van der Waals surface area contributed by atoms with Gasteiger partial charge in [-0.2, -0.15) is 5.10 Å². The van der Waals surface area contributed by atoms with Gasteiger partial charge in [-0.05, 0) is 5.92 Å². The standard InChI is InChI=1S/C17H23N3O9/c1-9(2)7-26-16(24)14-13(28-10(3)21)5-6-18-19(14)15(23)12-8-27-17(25)20(12)29-11(4)22/h6,9,12-14H,5,7-8H2,1-4H3/t12-,13+,14+/m1/s1. The maximum atomic E-state index is 13.0. The normalized spacial score (nSPS) is 23.6. The van der Waals surface area contributed by atoms with Crippen molar-refractivity contribution in [1.29, 1.82) is 0 Å². The summed E-state index contributed by atoms with van der Waals surface area (Å²) in [6.07, 6.45) is -0.687. The molecule has 29 heavy (non-hydrogen) atoms. The molecule has 3 atom stereocenters. The fraction of sp³-hybridized carbons (Fsp3) is 0.647. The maximum Gasteiger partial charge on any atom is 0.444 e. The van der Waals surface area contributed by atoms with Crippen molar-refractivity contribution < 1.29 is 43.0 Å². The van der Waals surface area contributed by atoms with Crippen LogP contribution < -0.4 is 0 Å². The van der Waals surface area contributed by atoms with E-state index in [2.05, 4.69) is 5.10 Å². The van der Waals surface area contributed by atoms with Crippen LogP contribution in [0, 0.1) is 5.92 Å². The third-order valence-corrected chi connectivity index (χ3v) is 3.84. The van der Waals surface area contributed by atoms with E-state index in [-0.39, 0.29) is 18.9 Å². The minimum Gasteiger partial charge on any atom is -0.464 e. The number of nitrogens with zero attached hydrogens (tertiary/aromatic N) is 3. The second-order valence-corrected chi connectivity index (χ2v) is 6.83. The molecule has 2 rings (SSSR count). The first-order chi connectivity index (χ1) is 13.6. The van der Waals surface area contributed by atoms with Gasteiger partial charge in [0.25, 0.3) is 5.91 Å². The van der Waals surface area contributed by atoms with Gasteiger partial charge in [0.1, 0.15) is 12.7 Å². The Labute approximate surface area is 166 Å². The fourth-order valence-electron chi connectivity index (χ4n) is 2.68. The van der Waals surface area contributed by atoms with Gasteiger partial charge in [-0.25, -0.2) is 14.6 Å². The number of hydrogen-bond donors (Lipinski definition) is 0. The minimum atomic E-state index is -1.37. The van der Waals surface area contributed by atoms with E-state index in [1.54, 1.807) is 0 Å². The Morgan fingerprint density at radius 3 is 2.52 bits per heavy atom. The van der Waals surface area contributed by atoms with Gasteiger partial charge in [-0.1, -0.05) is 13.8 Å². The highest BCUT2D eigenvalue weighted by Gasteiger charge is 2.49. The third kappa shape index (κ3) is 5.42. The van der Waals surface area contributed by atoms with E-state index >= 15 is 0 Å². The summed E-state index contributed by atoms with van der Waals surface area (Å²) in [5.41, 5.74) is 0. The molecular formula is C17H23N3O9. The zero-order chi connectivity index (χ0) is 21.7. The quantitative estimate of drug-likeness (QED) is 0.434. The Morgan fingerprint density at radius 2 is 1.93 bits per heavy atom. The van der Waals surface area contributed by atoms with E-state index in [0.29, 0.717) is 5.06 Å². The van der Waals surface area contributed by atoms with Gasteiger partial charge in [0.05, 0.1) is 6.61 Å². The van der Waals surface area contributed by atoms with Gasteiger partial charge in [0.15, 0.2) is 12.1 Å². The van der Waals surface area contributed by atoms with Crippen LogP contribution in [0.2, 0.25) is 0 Å². The summed E-state index contributed by atoms with van der Waals surface area (Å²) in [6, 6.07) is -2.73. The number of hydrogen-bond acceptors (Lipinski definition) is 10. The van der Waals surface area contributed by atoms with Crippen LogP contribution in [-0.4, -0.2) is 77.6 Å². The number of esters is 2. The van der Waals surface area contributed by atoms with E-state index in [0.717, 1.165) is 11.9 Å². The molecule has 2 aliphatic heterocycles. The number of rotatable bonds is 6. The first-order valence-corrected chi connectivity index (χ1v) is 8.95. The largest absolute Gasteiger partial charge is 0.464 e. The van der Waals surface area contributed by atoms with Crippen LogP contribution in [0.1, 0.15) is 34.1 Å². The number of ether oxygens (including phenoxy) is 3. The van der Waals surface area contributed by atoms with E-state index in [1.807, 2.05) is 13.8 Å². The number of amides is 2. The number of carbonyl (C=O) groups is 5.